The number of nitrogens with zero attached hydrogens (tertiary/aromatic N) is 2. The minimum Gasteiger partial charge on any atom is -0.205 e. The topological polar surface area (TPSA) is 7.76 Å². The summed E-state index contributed by atoms with van der Waals surface area (Å²) < 4.78 is 4.56. The summed E-state index contributed by atoms with van der Waals surface area (Å²) in [5, 5.41) is 0. The van der Waals surface area contributed by atoms with Crippen LogP contribution < -0.4 is 9.13 Å². The molecule has 0 saturated heterocycles. The standard InChI is InChI=1S/C26H38N2/c1-3-5-7-11-19-27-21-15-25(16-22-27)13-9-10-14-26-17-23-28(24-18-26)20-12-8-6-4-2/h9-10,13-18,21-24H,3-8,11-12,19-20H2,1-2H3/q+2/b13-9+,14-10+. The normalized spacial score (nSPS) is 11.6. The fourth-order valence-electron chi connectivity index (χ4n) is 3.23. The minimum absolute atomic E-state index is 1.12. The van der Waals surface area contributed by atoms with Crippen LogP contribution in [0.1, 0.15) is 76.3 Å². The van der Waals surface area contributed by atoms with Gasteiger partial charge in [0, 0.05) is 37.1 Å². The maximum atomic E-state index is 2.28. The molecule has 150 valence electrons. The van der Waals surface area contributed by atoms with Crippen LogP contribution in [-0.2, 0) is 13.1 Å². The van der Waals surface area contributed by atoms with Gasteiger partial charge in [0.25, 0.3) is 0 Å². The van der Waals surface area contributed by atoms with Crippen LogP contribution in [0.2, 0.25) is 0 Å². The SMILES string of the molecule is CCCCCC[n+]1ccc(/C=C/C=C/c2cc[n+](CCCCCC)cc2)cc1. The average Bonchev–Trinajstić information content (AvgIpc) is 2.74. The monoisotopic (exact) mass is 378 g/mol. The van der Waals surface area contributed by atoms with E-state index in [0.29, 0.717) is 0 Å². The number of rotatable bonds is 13. The molecule has 2 aromatic rings. The van der Waals surface area contributed by atoms with Gasteiger partial charge in [0.05, 0.1) is 0 Å². The largest absolute Gasteiger partial charge is 0.205 e. The second kappa shape index (κ2) is 13.9. The van der Waals surface area contributed by atoms with Gasteiger partial charge in [0.15, 0.2) is 24.8 Å². The highest BCUT2D eigenvalue weighted by Gasteiger charge is 2.00. The molecule has 0 amide bonds. The van der Waals surface area contributed by atoms with Gasteiger partial charge in [-0.3, -0.25) is 0 Å². The summed E-state index contributed by atoms with van der Waals surface area (Å²) in [6.45, 7) is 6.76. The van der Waals surface area contributed by atoms with E-state index in [0.717, 1.165) is 13.1 Å². The highest BCUT2D eigenvalue weighted by molar-refractivity contribution is 5.55. The molecular weight excluding hydrogens is 340 g/mol. The molecule has 0 radical (unpaired) electrons. The number of unbranched alkanes of at least 4 members (excludes halogenated alkanes) is 6. The molecule has 0 N–H and O–H groups in total. The van der Waals surface area contributed by atoms with Gasteiger partial charge >= 0.3 is 0 Å². The molecule has 0 saturated carbocycles. The Bertz CT molecular complexity index is 633. The third-order valence-electron chi connectivity index (χ3n) is 5.06. The lowest BCUT2D eigenvalue weighted by Crippen LogP contribution is -2.32. The molecule has 2 rings (SSSR count). The van der Waals surface area contributed by atoms with Gasteiger partial charge in [-0.15, -0.1) is 0 Å². The molecule has 28 heavy (non-hydrogen) atoms. The van der Waals surface area contributed by atoms with Crippen LogP contribution in [0, 0.1) is 0 Å². The van der Waals surface area contributed by atoms with Crippen LogP contribution in [0.4, 0.5) is 0 Å². The van der Waals surface area contributed by atoms with E-state index < -0.39 is 0 Å². The fraction of sp³-hybridized carbons (Fsp3) is 0.462. The summed E-state index contributed by atoms with van der Waals surface area (Å²) in [7, 11) is 0. The Labute approximate surface area is 172 Å². The Hall–Kier alpha value is -2.22. The first-order valence-electron chi connectivity index (χ1n) is 11.1. The first-order valence-corrected chi connectivity index (χ1v) is 11.1. The van der Waals surface area contributed by atoms with Crippen molar-refractivity contribution in [2.24, 2.45) is 0 Å². The molecular formula is C26H38N2+2. The zero-order valence-corrected chi connectivity index (χ0v) is 17.9. The van der Waals surface area contributed by atoms with Gasteiger partial charge in [-0.25, -0.2) is 9.13 Å². The molecule has 2 heteroatoms. The van der Waals surface area contributed by atoms with Crippen molar-refractivity contribution in [2.45, 2.75) is 78.3 Å². The van der Waals surface area contributed by atoms with E-state index in [-0.39, 0.29) is 0 Å². The molecule has 2 nitrogen and oxygen atoms in total. The number of pyridine rings is 2. The van der Waals surface area contributed by atoms with Crippen LogP contribution in [0.25, 0.3) is 12.2 Å². The van der Waals surface area contributed by atoms with E-state index in [2.05, 4.69) is 96.3 Å². The molecule has 0 spiro atoms. The van der Waals surface area contributed by atoms with Gasteiger partial charge < -0.3 is 0 Å². The van der Waals surface area contributed by atoms with E-state index in [1.807, 2.05) is 0 Å². The minimum atomic E-state index is 1.12. The predicted octanol–water partition coefficient (Wildman–Crippen LogP) is 6.15. The number of aryl methyl sites for hydroxylation is 2. The summed E-state index contributed by atoms with van der Waals surface area (Å²) in [4.78, 5) is 0. The zero-order valence-electron chi connectivity index (χ0n) is 17.9. The van der Waals surface area contributed by atoms with E-state index in [9.17, 15) is 0 Å². The van der Waals surface area contributed by atoms with Gasteiger partial charge in [0.2, 0.25) is 0 Å². The van der Waals surface area contributed by atoms with Crippen molar-refractivity contribution in [1.29, 1.82) is 0 Å². The highest BCUT2D eigenvalue weighted by Crippen LogP contribution is 2.04. The first-order chi connectivity index (χ1) is 13.8. The summed E-state index contributed by atoms with van der Waals surface area (Å²) in [6, 6.07) is 8.75. The van der Waals surface area contributed by atoms with Crippen LogP contribution in [0.5, 0.6) is 0 Å². The Morgan fingerprint density at radius 3 is 1.32 bits per heavy atom. The third-order valence-corrected chi connectivity index (χ3v) is 5.06. The Kier molecular flexibility index (Phi) is 10.9. The number of hydrogen-bond acceptors (Lipinski definition) is 0. The second-order valence-electron chi connectivity index (χ2n) is 7.58. The van der Waals surface area contributed by atoms with Crippen LogP contribution in [0.3, 0.4) is 0 Å². The van der Waals surface area contributed by atoms with Gasteiger partial charge in [0.1, 0.15) is 13.1 Å². The van der Waals surface area contributed by atoms with Gasteiger partial charge in [-0.05, 0) is 24.0 Å². The maximum absolute atomic E-state index is 2.28. The van der Waals surface area contributed by atoms with E-state index >= 15 is 0 Å². The molecule has 0 aliphatic rings. The van der Waals surface area contributed by atoms with Crippen LogP contribution >= 0.6 is 0 Å². The maximum Gasteiger partial charge on any atom is 0.169 e. The van der Waals surface area contributed by atoms with Crippen molar-refractivity contribution in [3.8, 4) is 0 Å². The molecule has 2 heterocycles. The van der Waals surface area contributed by atoms with E-state index in [1.165, 1.54) is 62.5 Å². The lowest BCUT2D eigenvalue weighted by molar-refractivity contribution is -0.697. The molecule has 0 bridgehead atoms. The third kappa shape index (κ3) is 9.12. The summed E-state index contributed by atoms with van der Waals surface area (Å²) in [5.41, 5.74) is 2.49. The van der Waals surface area contributed by atoms with Crippen molar-refractivity contribution < 1.29 is 9.13 Å². The van der Waals surface area contributed by atoms with Crippen LogP contribution in [0.15, 0.2) is 61.2 Å². The fourth-order valence-corrected chi connectivity index (χ4v) is 3.23. The summed E-state index contributed by atoms with van der Waals surface area (Å²) in [5.74, 6) is 0. The molecule has 0 atom stereocenters. The Morgan fingerprint density at radius 2 is 0.964 bits per heavy atom. The van der Waals surface area contributed by atoms with Gasteiger partial charge in [-0.2, -0.15) is 0 Å². The first kappa shape index (κ1) is 22.1. The number of allylic oxidation sites excluding steroid dienone is 2. The van der Waals surface area contributed by atoms with E-state index in [1.54, 1.807) is 0 Å². The molecule has 0 unspecified atom stereocenters. The van der Waals surface area contributed by atoms with Crippen molar-refractivity contribution >= 4 is 12.2 Å². The van der Waals surface area contributed by atoms with Crippen molar-refractivity contribution in [3.63, 3.8) is 0 Å². The lowest BCUT2D eigenvalue weighted by atomic mass is 10.2. The van der Waals surface area contributed by atoms with Crippen molar-refractivity contribution in [3.05, 3.63) is 72.3 Å². The summed E-state index contributed by atoms with van der Waals surface area (Å²) in [6.07, 6.45) is 27.8. The van der Waals surface area contributed by atoms with Gasteiger partial charge in [-0.1, -0.05) is 63.8 Å². The second-order valence-corrected chi connectivity index (χ2v) is 7.58. The van der Waals surface area contributed by atoms with Crippen molar-refractivity contribution in [1.82, 2.24) is 0 Å². The Balaban J connectivity index is 1.74. The summed E-state index contributed by atoms with van der Waals surface area (Å²) >= 11 is 0. The van der Waals surface area contributed by atoms with Crippen molar-refractivity contribution in [2.75, 3.05) is 0 Å². The quantitative estimate of drug-likeness (QED) is 0.224. The number of hydrogen-bond donors (Lipinski definition) is 0. The predicted molar refractivity (Wildman–Crippen MR) is 120 cm³/mol. The highest BCUT2D eigenvalue weighted by atomic mass is 14.9. The van der Waals surface area contributed by atoms with Crippen LogP contribution in [-0.4, -0.2) is 0 Å². The lowest BCUT2D eigenvalue weighted by Gasteiger charge is -1.98. The molecule has 0 aliphatic heterocycles. The van der Waals surface area contributed by atoms with E-state index in [4.69, 9.17) is 0 Å². The average molecular weight is 379 g/mol. The zero-order chi connectivity index (χ0) is 19.9. The molecule has 0 aromatic carbocycles. The molecule has 0 aliphatic carbocycles. The molecule has 2 aromatic heterocycles. The smallest absolute Gasteiger partial charge is 0.169 e. The Morgan fingerprint density at radius 1 is 0.571 bits per heavy atom. The molecule has 0 fully saturated rings. The number of aromatic nitrogens is 2.